The smallest absolute Gasteiger partial charge is 0.335 e. The molecule has 0 aliphatic carbocycles. The highest BCUT2D eigenvalue weighted by atomic mass is 16.4. The van der Waals surface area contributed by atoms with Crippen LogP contribution in [0.1, 0.15) is 35.3 Å². The minimum Gasteiger partial charge on any atom is -0.478 e. The first-order valence-corrected chi connectivity index (χ1v) is 6.31. The molecule has 0 aliphatic heterocycles. The fourth-order valence-corrected chi connectivity index (χ4v) is 1.96. The summed E-state index contributed by atoms with van der Waals surface area (Å²) in [6.07, 6.45) is 0.909. The fraction of sp³-hybridized carbons (Fsp3) is 0.188. The van der Waals surface area contributed by atoms with Crippen molar-refractivity contribution in [1.29, 1.82) is 0 Å². The van der Waals surface area contributed by atoms with E-state index in [1.54, 1.807) is 12.1 Å². The van der Waals surface area contributed by atoms with E-state index in [9.17, 15) is 4.79 Å². The van der Waals surface area contributed by atoms with Crippen LogP contribution in [-0.2, 0) is 0 Å². The van der Waals surface area contributed by atoms with Crippen molar-refractivity contribution < 1.29 is 9.90 Å². The van der Waals surface area contributed by atoms with Gasteiger partial charge in [0.15, 0.2) is 0 Å². The van der Waals surface area contributed by atoms with E-state index >= 15 is 0 Å². The summed E-state index contributed by atoms with van der Waals surface area (Å²) in [6.45, 7) is 2.06. The predicted octanol–water partition coefficient (Wildman–Crippen LogP) is 3.46. The lowest BCUT2D eigenvalue weighted by Crippen LogP contribution is -2.08. The average molecular weight is 255 g/mol. The van der Waals surface area contributed by atoms with Crippen LogP contribution < -0.4 is 5.73 Å². The minimum atomic E-state index is -0.907. The van der Waals surface area contributed by atoms with E-state index in [2.05, 4.69) is 6.92 Å². The number of hydrogen-bond donors (Lipinski definition) is 2. The maximum absolute atomic E-state index is 10.8. The molecule has 1 unspecified atom stereocenters. The van der Waals surface area contributed by atoms with Crippen molar-refractivity contribution in [3.8, 4) is 11.1 Å². The van der Waals surface area contributed by atoms with Gasteiger partial charge < -0.3 is 10.8 Å². The normalized spacial score (nSPS) is 12.1. The van der Waals surface area contributed by atoms with Crippen LogP contribution >= 0.6 is 0 Å². The molecule has 2 aromatic rings. The topological polar surface area (TPSA) is 63.3 Å². The molecule has 1 atom stereocenters. The van der Waals surface area contributed by atoms with Gasteiger partial charge in [-0.05, 0) is 35.2 Å². The van der Waals surface area contributed by atoms with E-state index in [1.165, 1.54) is 0 Å². The summed E-state index contributed by atoms with van der Waals surface area (Å²) >= 11 is 0. The molecule has 2 rings (SSSR count). The molecule has 0 fully saturated rings. The number of carboxylic acid groups (broad SMARTS) is 1. The molecule has 0 amide bonds. The van der Waals surface area contributed by atoms with E-state index in [0.29, 0.717) is 5.56 Å². The monoisotopic (exact) mass is 255 g/mol. The van der Waals surface area contributed by atoms with Gasteiger partial charge in [0, 0.05) is 6.04 Å². The molecular formula is C16H17NO2. The van der Waals surface area contributed by atoms with Gasteiger partial charge in [-0.2, -0.15) is 0 Å². The second-order valence-electron chi connectivity index (χ2n) is 4.52. The molecule has 3 nitrogen and oxygen atoms in total. The fourth-order valence-electron chi connectivity index (χ4n) is 1.96. The zero-order valence-corrected chi connectivity index (χ0v) is 10.8. The number of hydrogen-bond acceptors (Lipinski definition) is 2. The molecule has 0 heterocycles. The summed E-state index contributed by atoms with van der Waals surface area (Å²) in [5.74, 6) is -0.907. The van der Waals surface area contributed by atoms with Crippen LogP contribution in [0.2, 0.25) is 0 Å². The van der Waals surface area contributed by atoms with Crippen molar-refractivity contribution in [3.05, 3.63) is 59.7 Å². The molecule has 19 heavy (non-hydrogen) atoms. The highest BCUT2D eigenvalue weighted by Crippen LogP contribution is 2.22. The molecule has 0 aromatic heterocycles. The van der Waals surface area contributed by atoms with Crippen LogP contribution in [0.3, 0.4) is 0 Å². The van der Waals surface area contributed by atoms with Gasteiger partial charge >= 0.3 is 5.97 Å². The Morgan fingerprint density at radius 3 is 1.95 bits per heavy atom. The summed E-state index contributed by atoms with van der Waals surface area (Å²) < 4.78 is 0. The maximum atomic E-state index is 10.8. The molecule has 3 heteroatoms. The Morgan fingerprint density at radius 2 is 1.53 bits per heavy atom. The highest BCUT2D eigenvalue weighted by molar-refractivity contribution is 5.88. The van der Waals surface area contributed by atoms with E-state index in [1.807, 2.05) is 36.4 Å². The van der Waals surface area contributed by atoms with Crippen LogP contribution in [0, 0.1) is 0 Å². The van der Waals surface area contributed by atoms with Crippen molar-refractivity contribution in [3.63, 3.8) is 0 Å². The Labute approximate surface area is 112 Å². The Kier molecular flexibility index (Phi) is 3.97. The van der Waals surface area contributed by atoms with Gasteiger partial charge in [-0.1, -0.05) is 43.3 Å². The molecule has 0 saturated carbocycles. The van der Waals surface area contributed by atoms with Gasteiger partial charge in [0.25, 0.3) is 0 Å². The molecule has 0 saturated heterocycles. The van der Waals surface area contributed by atoms with Gasteiger partial charge in [0.1, 0.15) is 0 Å². The van der Waals surface area contributed by atoms with Gasteiger partial charge in [-0.15, -0.1) is 0 Å². The minimum absolute atomic E-state index is 0.0726. The number of carboxylic acids is 1. The molecule has 0 bridgehead atoms. The zero-order valence-electron chi connectivity index (χ0n) is 10.8. The third-order valence-corrected chi connectivity index (χ3v) is 3.24. The first kappa shape index (κ1) is 13.3. The highest BCUT2D eigenvalue weighted by Gasteiger charge is 2.05. The lowest BCUT2D eigenvalue weighted by molar-refractivity contribution is 0.0697. The van der Waals surface area contributed by atoms with Crippen molar-refractivity contribution in [2.75, 3.05) is 0 Å². The number of rotatable bonds is 4. The van der Waals surface area contributed by atoms with Crippen LogP contribution in [0.4, 0.5) is 0 Å². The van der Waals surface area contributed by atoms with Crippen molar-refractivity contribution in [2.45, 2.75) is 19.4 Å². The third-order valence-electron chi connectivity index (χ3n) is 3.24. The number of carbonyl (C=O) groups is 1. The Balaban J connectivity index is 2.24. The molecule has 98 valence electrons. The molecule has 0 aliphatic rings. The Hall–Kier alpha value is -2.13. The van der Waals surface area contributed by atoms with Crippen LogP contribution in [0.25, 0.3) is 11.1 Å². The van der Waals surface area contributed by atoms with E-state index in [0.717, 1.165) is 23.1 Å². The van der Waals surface area contributed by atoms with Crippen LogP contribution in [-0.4, -0.2) is 11.1 Å². The van der Waals surface area contributed by atoms with Crippen molar-refractivity contribution in [1.82, 2.24) is 0 Å². The second kappa shape index (κ2) is 5.67. The molecule has 0 radical (unpaired) electrons. The second-order valence-corrected chi connectivity index (χ2v) is 4.52. The standard InChI is InChI=1S/C16H17NO2/c1-2-15(17)13-7-3-11(4-8-13)12-5-9-14(10-6-12)16(18)19/h3-10,15H,2,17H2,1H3,(H,18,19). The molecule has 2 aromatic carbocycles. The lowest BCUT2D eigenvalue weighted by atomic mass is 9.99. The van der Waals surface area contributed by atoms with Crippen LogP contribution in [0.5, 0.6) is 0 Å². The molecular weight excluding hydrogens is 238 g/mol. The number of aromatic carboxylic acids is 1. The summed E-state index contributed by atoms with van der Waals surface area (Å²) in [5, 5.41) is 8.86. The van der Waals surface area contributed by atoms with Crippen LogP contribution in [0.15, 0.2) is 48.5 Å². The quantitative estimate of drug-likeness (QED) is 0.879. The average Bonchev–Trinajstić information content (AvgIpc) is 2.46. The van der Waals surface area contributed by atoms with E-state index < -0.39 is 5.97 Å². The first-order chi connectivity index (χ1) is 9.11. The molecule has 0 spiro atoms. The summed E-state index contributed by atoms with van der Waals surface area (Å²) in [5.41, 5.74) is 9.45. The van der Waals surface area contributed by atoms with Crippen molar-refractivity contribution in [2.24, 2.45) is 5.73 Å². The first-order valence-electron chi connectivity index (χ1n) is 6.31. The van der Waals surface area contributed by atoms with E-state index in [-0.39, 0.29) is 6.04 Å². The van der Waals surface area contributed by atoms with E-state index in [4.69, 9.17) is 10.8 Å². The number of nitrogens with two attached hydrogens (primary N) is 1. The third kappa shape index (κ3) is 3.01. The molecule has 3 N–H and O–H groups in total. The van der Waals surface area contributed by atoms with Gasteiger partial charge in [-0.25, -0.2) is 4.79 Å². The largest absolute Gasteiger partial charge is 0.478 e. The summed E-state index contributed by atoms with van der Waals surface area (Å²) in [4.78, 5) is 10.8. The van der Waals surface area contributed by atoms with Crippen molar-refractivity contribution >= 4 is 5.97 Å². The predicted molar refractivity (Wildman–Crippen MR) is 76.1 cm³/mol. The van der Waals surface area contributed by atoms with Gasteiger partial charge in [-0.3, -0.25) is 0 Å². The SMILES string of the molecule is CCC(N)c1ccc(-c2ccc(C(=O)O)cc2)cc1. The summed E-state index contributed by atoms with van der Waals surface area (Å²) in [6, 6.07) is 15.0. The zero-order chi connectivity index (χ0) is 13.8. The maximum Gasteiger partial charge on any atom is 0.335 e. The lowest BCUT2D eigenvalue weighted by Gasteiger charge is -2.10. The Morgan fingerprint density at radius 1 is 1.05 bits per heavy atom. The number of benzene rings is 2. The van der Waals surface area contributed by atoms with Gasteiger partial charge in [0.2, 0.25) is 0 Å². The summed E-state index contributed by atoms with van der Waals surface area (Å²) in [7, 11) is 0. The Bertz CT molecular complexity index is 558. The van der Waals surface area contributed by atoms with Gasteiger partial charge in [0.05, 0.1) is 5.56 Å².